The third kappa shape index (κ3) is 2.43. The van der Waals surface area contributed by atoms with Crippen molar-refractivity contribution in [1.29, 1.82) is 5.26 Å². The molecule has 2 rings (SSSR count). The number of hydrogen-bond donors (Lipinski definition) is 0. The highest BCUT2D eigenvalue weighted by Gasteiger charge is 2.04. The normalized spacial score (nSPS) is 9.71. The van der Waals surface area contributed by atoms with Crippen molar-refractivity contribution in [3.8, 4) is 22.9 Å². The Balaban J connectivity index is 2.52. The van der Waals surface area contributed by atoms with E-state index in [9.17, 15) is 4.39 Å². The predicted octanol–water partition coefficient (Wildman–Crippen LogP) is 3.37. The molecule has 0 atom stereocenters. The van der Waals surface area contributed by atoms with E-state index in [1.54, 1.807) is 19.2 Å². The van der Waals surface area contributed by atoms with Crippen LogP contribution in [0.5, 0.6) is 5.75 Å². The predicted molar refractivity (Wildman–Crippen MR) is 63.1 cm³/mol. The van der Waals surface area contributed by atoms with Crippen LogP contribution in [0.25, 0.3) is 11.1 Å². The van der Waals surface area contributed by atoms with Crippen LogP contribution in [-0.4, -0.2) is 7.11 Å². The molecule has 0 aliphatic carbocycles. The molecule has 0 spiro atoms. The van der Waals surface area contributed by atoms with Crippen LogP contribution < -0.4 is 4.74 Å². The van der Waals surface area contributed by atoms with Gasteiger partial charge in [0, 0.05) is 0 Å². The van der Waals surface area contributed by atoms with E-state index in [0.29, 0.717) is 16.9 Å². The van der Waals surface area contributed by atoms with Crippen LogP contribution in [0, 0.1) is 17.1 Å². The number of nitriles is 1. The van der Waals surface area contributed by atoms with Gasteiger partial charge < -0.3 is 4.74 Å². The largest absolute Gasteiger partial charge is 0.497 e. The van der Waals surface area contributed by atoms with Gasteiger partial charge in [0.05, 0.1) is 18.7 Å². The van der Waals surface area contributed by atoms with Crippen LogP contribution in [0.15, 0.2) is 42.5 Å². The SMILES string of the molecule is COc1cccc(-c2cc(F)cc(C#N)c2)c1. The number of hydrogen-bond acceptors (Lipinski definition) is 2. The summed E-state index contributed by atoms with van der Waals surface area (Å²) in [6, 6.07) is 13.5. The highest BCUT2D eigenvalue weighted by atomic mass is 19.1. The van der Waals surface area contributed by atoms with Crippen molar-refractivity contribution in [2.24, 2.45) is 0 Å². The molecule has 0 unspecified atom stereocenters. The molecular formula is C14H10FNO. The summed E-state index contributed by atoms with van der Waals surface area (Å²) in [6.07, 6.45) is 0. The van der Waals surface area contributed by atoms with Crippen LogP contribution in [0.3, 0.4) is 0 Å². The molecule has 0 fully saturated rings. The number of ether oxygens (including phenoxy) is 1. The van der Waals surface area contributed by atoms with Crippen molar-refractivity contribution < 1.29 is 9.13 Å². The molecule has 2 aromatic carbocycles. The van der Waals surface area contributed by atoms with E-state index in [1.807, 2.05) is 24.3 Å². The van der Waals surface area contributed by atoms with Gasteiger partial charge in [-0.2, -0.15) is 5.26 Å². The fourth-order valence-electron chi connectivity index (χ4n) is 1.62. The standard InChI is InChI=1S/C14H10FNO/c1-17-14-4-2-3-11(8-14)12-5-10(9-16)6-13(15)7-12/h2-8H,1H3. The molecule has 0 aliphatic heterocycles. The molecule has 17 heavy (non-hydrogen) atoms. The lowest BCUT2D eigenvalue weighted by Crippen LogP contribution is -1.86. The first-order valence-corrected chi connectivity index (χ1v) is 5.08. The van der Waals surface area contributed by atoms with Crippen LogP contribution in [0.2, 0.25) is 0 Å². The maximum Gasteiger partial charge on any atom is 0.125 e. The van der Waals surface area contributed by atoms with Crippen molar-refractivity contribution in [2.45, 2.75) is 0 Å². The molecule has 0 saturated heterocycles. The monoisotopic (exact) mass is 227 g/mol. The van der Waals surface area contributed by atoms with Gasteiger partial charge in [-0.05, 0) is 41.5 Å². The van der Waals surface area contributed by atoms with E-state index in [2.05, 4.69) is 0 Å². The Morgan fingerprint density at radius 2 is 1.94 bits per heavy atom. The summed E-state index contributed by atoms with van der Waals surface area (Å²) < 4.78 is 18.4. The molecule has 3 heteroatoms. The second-order valence-corrected chi connectivity index (χ2v) is 3.57. The zero-order valence-corrected chi connectivity index (χ0v) is 9.27. The third-order valence-electron chi connectivity index (χ3n) is 2.43. The smallest absolute Gasteiger partial charge is 0.125 e. The van der Waals surface area contributed by atoms with Crippen molar-refractivity contribution in [3.05, 3.63) is 53.8 Å². The first-order valence-electron chi connectivity index (χ1n) is 5.08. The fourth-order valence-corrected chi connectivity index (χ4v) is 1.62. The van der Waals surface area contributed by atoms with Gasteiger partial charge in [-0.3, -0.25) is 0 Å². The molecule has 0 aliphatic rings. The molecule has 84 valence electrons. The van der Waals surface area contributed by atoms with Crippen molar-refractivity contribution in [3.63, 3.8) is 0 Å². The Hall–Kier alpha value is -2.34. The van der Waals surface area contributed by atoms with E-state index >= 15 is 0 Å². The summed E-state index contributed by atoms with van der Waals surface area (Å²) >= 11 is 0. The second-order valence-electron chi connectivity index (χ2n) is 3.57. The van der Waals surface area contributed by atoms with Crippen LogP contribution in [0.1, 0.15) is 5.56 Å². The van der Waals surface area contributed by atoms with Gasteiger partial charge in [-0.1, -0.05) is 12.1 Å². The summed E-state index contributed by atoms with van der Waals surface area (Å²) in [6.45, 7) is 0. The third-order valence-corrected chi connectivity index (χ3v) is 2.43. The van der Waals surface area contributed by atoms with Gasteiger partial charge in [-0.25, -0.2) is 4.39 Å². The summed E-state index contributed by atoms with van der Waals surface area (Å²) in [5.74, 6) is 0.284. The van der Waals surface area contributed by atoms with Crippen molar-refractivity contribution >= 4 is 0 Å². The molecule has 0 saturated carbocycles. The molecule has 0 bridgehead atoms. The quantitative estimate of drug-likeness (QED) is 0.788. The second kappa shape index (κ2) is 4.67. The molecule has 2 nitrogen and oxygen atoms in total. The maximum absolute atomic E-state index is 13.3. The molecule has 0 aromatic heterocycles. The number of benzene rings is 2. The number of methoxy groups -OCH3 is 1. The van der Waals surface area contributed by atoms with E-state index in [4.69, 9.17) is 10.00 Å². The Labute approximate surface area is 98.9 Å². The lowest BCUT2D eigenvalue weighted by molar-refractivity contribution is 0.415. The summed E-state index contributed by atoms with van der Waals surface area (Å²) in [7, 11) is 1.57. The summed E-state index contributed by atoms with van der Waals surface area (Å²) in [5.41, 5.74) is 1.80. The summed E-state index contributed by atoms with van der Waals surface area (Å²) in [4.78, 5) is 0. The molecule has 0 radical (unpaired) electrons. The van der Waals surface area contributed by atoms with E-state index in [-0.39, 0.29) is 0 Å². The van der Waals surface area contributed by atoms with Crippen molar-refractivity contribution in [1.82, 2.24) is 0 Å². The average molecular weight is 227 g/mol. The minimum absolute atomic E-state index is 0.308. The molecule has 2 aromatic rings. The zero-order chi connectivity index (χ0) is 12.3. The van der Waals surface area contributed by atoms with Gasteiger partial charge in [-0.15, -0.1) is 0 Å². The number of nitrogens with zero attached hydrogens (tertiary/aromatic N) is 1. The van der Waals surface area contributed by atoms with Gasteiger partial charge in [0.15, 0.2) is 0 Å². The Bertz CT molecular complexity index is 587. The first-order chi connectivity index (χ1) is 8.22. The lowest BCUT2D eigenvalue weighted by atomic mass is 10.0. The van der Waals surface area contributed by atoms with Crippen LogP contribution in [-0.2, 0) is 0 Å². The Kier molecular flexibility index (Phi) is 3.06. The van der Waals surface area contributed by atoms with Gasteiger partial charge in [0.2, 0.25) is 0 Å². The fraction of sp³-hybridized carbons (Fsp3) is 0.0714. The number of rotatable bonds is 2. The van der Waals surface area contributed by atoms with Crippen molar-refractivity contribution in [2.75, 3.05) is 7.11 Å². The topological polar surface area (TPSA) is 33.0 Å². The van der Waals surface area contributed by atoms with E-state index in [0.717, 1.165) is 5.56 Å². The highest BCUT2D eigenvalue weighted by Crippen LogP contribution is 2.25. The van der Waals surface area contributed by atoms with E-state index < -0.39 is 5.82 Å². The maximum atomic E-state index is 13.3. The minimum atomic E-state index is -0.415. The average Bonchev–Trinajstić information content (AvgIpc) is 2.38. The van der Waals surface area contributed by atoms with Gasteiger partial charge >= 0.3 is 0 Å². The highest BCUT2D eigenvalue weighted by molar-refractivity contribution is 5.66. The molecule has 0 N–H and O–H groups in total. The van der Waals surface area contributed by atoms with E-state index in [1.165, 1.54) is 12.1 Å². The van der Waals surface area contributed by atoms with Gasteiger partial charge in [0.25, 0.3) is 0 Å². The Morgan fingerprint density at radius 3 is 2.65 bits per heavy atom. The molecular weight excluding hydrogens is 217 g/mol. The van der Waals surface area contributed by atoms with Crippen LogP contribution in [0.4, 0.5) is 4.39 Å². The van der Waals surface area contributed by atoms with Gasteiger partial charge in [0.1, 0.15) is 11.6 Å². The first kappa shape index (κ1) is 11.2. The molecule has 0 heterocycles. The minimum Gasteiger partial charge on any atom is -0.497 e. The zero-order valence-electron chi connectivity index (χ0n) is 9.27. The number of halogens is 1. The lowest BCUT2D eigenvalue weighted by Gasteiger charge is -2.05. The Morgan fingerprint density at radius 1 is 1.12 bits per heavy atom. The summed E-state index contributed by atoms with van der Waals surface area (Å²) in [5, 5.41) is 8.79. The van der Waals surface area contributed by atoms with Crippen LogP contribution >= 0.6 is 0 Å². The molecule has 0 amide bonds.